The third-order valence-corrected chi connectivity index (χ3v) is 5.52. The van der Waals surface area contributed by atoms with Gasteiger partial charge in [-0.3, -0.25) is 10.1 Å². The smallest absolute Gasteiger partial charge is 0.257 e. The number of thiazole rings is 1. The van der Waals surface area contributed by atoms with Crippen LogP contribution in [0.5, 0.6) is 11.5 Å². The van der Waals surface area contributed by atoms with E-state index >= 15 is 0 Å². The minimum absolute atomic E-state index is 0.0316. The van der Waals surface area contributed by atoms with E-state index in [1.807, 2.05) is 6.92 Å². The zero-order valence-electron chi connectivity index (χ0n) is 17.7. The van der Waals surface area contributed by atoms with Crippen molar-refractivity contribution in [1.29, 1.82) is 0 Å². The lowest BCUT2D eigenvalue weighted by Crippen LogP contribution is -2.12. The van der Waals surface area contributed by atoms with Gasteiger partial charge in [-0.25, -0.2) is 13.8 Å². The van der Waals surface area contributed by atoms with Crippen LogP contribution in [0.15, 0.2) is 72.9 Å². The maximum atomic E-state index is 14.0. The number of anilines is 1. The van der Waals surface area contributed by atoms with Gasteiger partial charge in [0.25, 0.3) is 5.91 Å². The van der Waals surface area contributed by atoms with Crippen LogP contribution in [0, 0.1) is 18.6 Å². The van der Waals surface area contributed by atoms with Crippen LogP contribution in [-0.4, -0.2) is 10.9 Å². The topological polar surface area (TPSA) is 60.5 Å². The van der Waals surface area contributed by atoms with Crippen LogP contribution in [-0.2, 0) is 13.2 Å². The highest BCUT2D eigenvalue weighted by molar-refractivity contribution is 7.15. The van der Waals surface area contributed by atoms with Gasteiger partial charge in [-0.2, -0.15) is 0 Å². The molecule has 1 aromatic heterocycles. The quantitative estimate of drug-likeness (QED) is 0.339. The SMILES string of the molecule is Cc1cnc(NC(=O)c2cc(OCc3ccccc3F)cc(OCc3ccccc3F)c2)s1. The summed E-state index contributed by atoms with van der Waals surface area (Å²) in [6, 6.07) is 17.2. The number of rotatable bonds is 8. The molecule has 168 valence electrons. The number of benzene rings is 3. The van der Waals surface area contributed by atoms with Gasteiger partial charge in [-0.1, -0.05) is 36.4 Å². The number of carbonyl (C=O) groups excluding carboxylic acids is 1. The maximum absolute atomic E-state index is 14.0. The predicted molar refractivity (Wildman–Crippen MR) is 123 cm³/mol. The molecule has 0 aliphatic carbocycles. The normalized spacial score (nSPS) is 10.6. The fraction of sp³-hybridized carbons (Fsp3) is 0.120. The number of hydrogen-bond donors (Lipinski definition) is 1. The summed E-state index contributed by atoms with van der Waals surface area (Å²) in [5.41, 5.74) is 1.01. The van der Waals surface area contributed by atoms with E-state index in [1.165, 1.54) is 35.6 Å². The van der Waals surface area contributed by atoms with Crippen molar-refractivity contribution >= 4 is 22.4 Å². The molecule has 0 atom stereocenters. The molecule has 0 unspecified atom stereocenters. The molecule has 0 aliphatic heterocycles. The van der Waals surface area contributed by atoms with Gasteiger partial charge in [0.2, 0.25) is 0 Å². The lowest BCUT2D eigenvalue weighted by atomic mass is 10.1. The second-order valence-electron chi connectivity index (χ2n) is 7.18. The molecule has 4 aromatic rings. The number of ether oxygens (including phenoxy) is 2. The summed E-state index contributed by atoms with van der Waals surface area (Å²) in [6.07, 6.45) is 1.66. The molecule has 0 aliphatic rings. The first kappa shape index (κ1) is 22.4. The van der Waals surface area contributed by atoms with Crippen LogP contribution >= 0.6 is 11.3 Å². The molecule has 8 heteroatoms. The summed E-state index contributed by atoms with van der Waals surface area (Å²) in [5, 5.41) is 3.20. The molecular weight excluding hydrogens is 446 g/mol. The zero-order chi connectivity index (χ0) is 23.2. The minimum Gasteiger partial charge on any atom is -0.489 e. The van der Waals surface area contributed by atoms with Crippen LogP contribution in [0.1, 0.15) is 26.4 Å². The van der Waals surface area contributed by atoms with E-state index in [0.29, 0.717) is 27.8 Å². The van der Waals surface area contributed by atoms with E-state index < -0.39 is 5.91 Å². The largest absolute Gasteiger partial charge is 0.489 e. The van der Waals surface area contributed by atoms with E-state index in [2.05, 4.69) is 10.3 Å². The zero-order valence-corrected chi connectivity index (χ0v) is 18.5. The van der Waals surface area contributed by atoms with E-state index in [9.17, 15) is 13.6 Å². The fourth-order valence-electron chi connectivity index (χ4n) is 3.00. The molecule has 3 aromatic carbocycles. The summed E-state index contributed by atoms with van der Waals surface area (Å²) in [6.45, 7) is 1.82. The van der Waals surface area contributed by atoms with Gasteiger partial charge >= 0.3 is 0 Å². The molecule has 0 bridgehead atoms. The number of nitrogens with zero attached hydrogens (tertiary/aromatic N) is 1. The second-order valence-corrected chi connectivity index (χ2v) is 8.42. The Morgan fingerprint density at radius 1 is 0.909 bits per heavy atom. The van der Waals surface area contributed by atoms with Gasteiger partial charge in [0.15, 0.2) is 5.13 Å². The van der Waals surface area contributed by atoms with Crippen molar-refractivity contribution < 1.29 is 23.0 Å². The third-order valence-electron chi connectivity index (χ3n) is 4.69. The summed E-state index contributed by atoms with van der Waals surface area (Å²) >= 11 is 1.35. The molecule has 1 heterocycles. The molecule has 33 heavy (non-hydrogen) atoms. The van der Waals surface area contributed by atoms with E-state index in [1.54, 1.807) is 48.7 Å². The molecule has 5 nitrogen and oxygen atoms in total. The fourth-order valence-corrected chi connectivity index (χ4v) is 3.66. The predicted octanol–water partition coefficient (Wildman–Crippen LogP) is 6.14. The number of amides is 1. The van der Waals surface area contributed by atoms with Crippen LogP contribution < -0.4 is 14.8 Å². The average molecular weight is 467 g/mol. The number of halogens is 2. The molecule has 1 N–H and O–H groups in total. The Morgan fingerprint density at radius 2 is 1.45 bits per heavy atom. The van der Waals surface area contributed by atoms with E-state index in [4.69, 9.17) is 9.47 Å². The third kappa shape index (κ3) is 5.93. The minimum atomic E-state index is -0.406. The highest BCUT2D eigenvalue weighted by atomic mass is 32.1. The van der Waals surface area contributed by atoms with Crippen molar-refractivity contribution in [3.8, 4) is 11.5 Å². The van der Waals surface area contributed by atoms with Gasteiger partial charge in [0.1, 0.15) is 36.3 Å². The van der Waals surface area contributed by atoms with Crippen LogP contribution in [0.2, 0.25) is 0 Å². The summed E-state index contributed by atoms with van der Waals surface area (Å²) in [4.78, 5) is 17.9. The maximum Gasteiger partial charge on any atom is 0.257 e. The molecule has 0 spiro atoms. The van der Waals surface area contributed by atoms with E-state index in [0.717, 1.165) is 4.88 Å². The number of nitrogens with one attached hydrogen (secondary N) is 1. The number of hydrogen-bond acceptors (Lipinski definition) is 5. The Morgan fingerprint density at radius 3 is 1.94 bits per heavy atom. The van der Waals surface area contributed by atoms with Crippen molar-refractivity contribution in [2.45, 2.75) is 20.1 Å². The first-order chi connectivity index (χ1) is 16.0. The first-order valence-electron chi connectivity index (χ1n) is 10.1. The summed E-state index contributed by atoms with van der Waals surface area (Å²) < 4.78 is 39.4. The van der Waals surface area contributed by atoms with Gasteiger partial charge in [-0.05, 0) is 31.2 Å². The van der Waals surface area contributed by atoms with Crippen LogP contribution in [0.25, 0.3) is 0 Å². The molecule has 0 fully saturated rings. The monoisotopic (exact) mass is 466 g/mol. The molecular formula is C25H20F2N2O3S. The summed E-state index contributed by atoms with van der Waals surface area (Å²) in [7, 11) is 0. The van der Waals surface area contributed by atoms with Gasteiger partial charge in [0.05, 0.1) is 0 Å². The van der Waals surface area contributed by atoms with E-state index in [-0.39, 0.29) is 30.4 Å². The Kier molecular flexibility index (Phi) is 6.95. The molecule has 1 amide bonds. The number of aryl methyl sites for hydroxylation is 1. The van der Waals surface area contributed by atoms with Gasteiger partial charge in [-0.15, -0.1) is 11.3 Å². The van der Waals surface area contributed by atoms with Gasteiger partial charge in [0, 0.05) is 33.8 Å². The van der Waals surface area contributed by atoms with Crippen molar-refractivity contribution in [3.05, 3.63) is 106 Å². The Labute approximate surface area is 193 Å². The van der Waals surface area contributed by atoms with Crippen molar-refractivity contribution in [3.63, 3.8) is 0 Å². The average Bonchev–Trinajstić information content (AvgIpc) is 3.22. The van der Waals surface area contributed by atoms with Crippen LogP contribution in [0.3, 0.4) is 0 Å². The Hall–Kier alpha value is -3.78. The Bertz CT molecular complexity index is 1210. The molecule has 0 saturated carbocycles. The highest BCUT2D eigenvalue weighted by Gasteiger charge is 2.14. The number of aromatic nitrogens is 1. The number of carbonyl (C=O) groups is 1. The Balaban J connectivity index is 1.56. The standard InChI is InChI=1S/C25H20F2N2O3S/c1-16-13-28-25(33-16)29-24(30)19-10-20(31-14-17-6-2-4-8-22(17)26)12-21(11-19)32-15-18-7-3-5-9-23(18)27/h2-13H,14-15H2,1H3,(H,28,29,30). The lowest BCUT2D eigenvalue weighted by molar-refractivity contribution is 0.102. The molecule has 0 radical (unpaired) electrons. The highest BCUT2D eigenvalue weighted by Crippen LogP contribution is 2.27. The van der Waals surface area contributed by atoms with Crippen molar-refractivity contribution in [2.24, 2.45) is 0 Å². The lowest BCUT2D eigenvalue weighted by Gasteiger charge is -2.13. The van der Waals surface area contributed by atoms with Crippen LogP contribution in [0.4, 0.5) is 13.9 Å². The molecule has 0 saturated heterocycles. The second kappa shape index (κ2) is 10.2. The first-order valence-corrected chi connectivity index (χ1v) is 10.9. The van der Waals surface area contributed by atoms with Crippen molar-refractivity contribution in [1.82, 2.24) is 4.98 Å². The molecule has 4 rings (SSSR count). The van der Waals surface area contributed by atoms with Crippen molar-refractivity contribution in [2.75, 3.05) is 5.32 Å². The summed E-state index contributed by atoms with van der Waals surface area (Å²) in [5.74, 6) is -0.561. The van der Waals surface area contributed by atoms with Gasteiger partial charge < -0.3 is 9.47 Å².